The van der Waals surface area contributed by atoms with Gasteiger partial charge in [-0.2, -0.15) is 4.31 Å². The number of halogens is 1. The Bertz CT molecular complexity index is 1310. The Hall–Kier alpha value is -3.15. The summed E-state index contributed by atoms with van der Waals surface area (Å²) in [4.78, 5) is 40.8. The number of amides is 3. The molecular weight excluding hydrogens is 568 g/mol. The molecule has 2 fully saturated rings. The van der Waals surface area contributed by atoms with Gasteiger partial charge in [-0.1, -0.05) is 48.9 Å². The number of nitrogens with zero attached hydrogens (tertiary/aromatic N) is 2. The Morgan fingerprint density at radius 3 is 2.41 bits per heavy atom. The largest absolute Gasteiger partial charge is 0.445 e. The Kier molecular flexibility index (Phi) is 10.3. The molecule has 2 aromatic rings. The molecule has 12 heteroatoms. The van der Waals surface area contributed by atoms with Gasteiger partial charge in [-0.3, -0.25) is 9.59 Å². The summed E-state index contributed by atoms with van der Waals surface area (Å²) in [5.41, 5.74) is -0.169. The van der Waals surface area contributed by atoms with E-state index in [0.29, 0.717) is 43.8 Å². The average Bonchev–Trinajstić information content (AvgIpc) is 2.97. The Labute approximate surface area is 246 Å². The summed E-state index contributed by atoms with van der Waals surface area (Å²) < 4.78 is 32.9. The maximum absolute atomic E-state index is 13.5. The summed E-state index contributed by atoms with van der Waals surface area (Å²) in [6, 6.07) is 14.7. The number of carbonyl (C=O) groups excluding carboxylic acids is 3. The van der Waals surface area contributed by atoms with Crippen LogP contribution in [0.5, 0.6) is 0 Å². The maximum atomic E-state index is 13.5. The molecular formula is C29H37ClN4O6S. The molecule has 0 unspecified atom stereocenters. The summed E-state index contributed by atoms with van der Waals surface area (Å²) in [7, 11) is -3.75. The molecule has 2 heterocycles. The summed E-state index contributed by atoms with van der Waals surface area (Å²) in [6.07, 6.45) is 2.30. The number of ether oxygens (including phenoxy) is 1. The van der Waals surface area contributed by atoms with Crippen molar-refractivity contribution >= 4 is 39.5 Å². The number of sulfonamides is 1. The van der Waals surface area contributed by atoms with Crippen LogP contribution >= 0.6 is 11.6 Å². The van der Waals surface area contributed by atoms with Crippen LogP contribution < -0.4 is 10.6 Å². The molecule has 4 rings (SSSR count). The van der Waals surface area contributed by atoms with E-state index in [1.54, 1.807) is 4.90 Å². The highest BCUT2D eigenvalue weighted by molar-refractivity contribution is 7.89. The molecule has 2 aliphatic heterocycles. The van der Waals surface area contributed by atoms with Crippen molar-refractivity contribution in [1.82, 2.24) is 19.8 Å². The number of piperazine rings is 1. The van der Waals surface area contributed by atoms with Gasteiger partial charge >= 0.3 is 6.09 Å². The van der Waals surface area contributed by atoms with Gasteiger partial charge in [0.2, 0.25) is 21.8 Å². The summed E-state index contributed by atoms with van der Waals surface area (Å²) in [6.45, 7) is 3.20. The van der Waals surface area contributed by atoms with Gasteiger partial charge in [0.05, 0.1) is 4.90 Å². The minimum atomic E-state index is -3.75. The zero-order valence-corrected chi connectivity index (χ0v) is 24.8. The van der Waals surface area contributed by atoms with Crippen molar-refractivity contribution in [3.05, 3.63) is 65.2 Å². The minimum absolute atomic E-state index is 0.128. The van der Waals surface area contributed by atoms with Crippen molar-refractivity contribution in [1.29, 1.82) is 0 Å². The Morgan fingerprint density at radius 2 is 1.76 bits per heavy atom. The van der Waals surface area contributed by atoms with E-state index in [1.807, 2.05) is 37.3 Å². The second kappa shape index (κ2) is 13.7. The number of hydrogen-bond donors (Lipinski definition) is 2. The molecule has 10 nitrogen and oxygen atoms in total. The highest BCUT2D eigenvalue weighted by Gasteiger charge is 2.54. The predicted octanol–water partition coefficient (Wildman–Crippen LogP) is 3.70. The van der Waals surface area contributed by atoms with Crippen molar-refractivity contribution in [3.8, 4) is 0 Å². The number of carbonyl (C=O) groups is 3. The van der Waals surface area contributed by atoms with Gasteiger partial charge in [0.25, 0.3) is 0 Å². The number of benzene rings is 2. The lowest BCUT2D eigenvalue weighted by Gasteiger charge is -2.51. The lowest BCUT2D eigenvalue weighted by molar-refractivity contribution is -0.160. The molecule has 0 saturated carbocycles. The topological polar surface area (TPSA) is 125 Å². The zero-order valence-electron chi connectivity index (χ0n) is 23.2. The normalized spacial score (nSPS) is 19.2. The number of unbranched alkanes of at least 4 members (excludes halogenated alkanes) is 1. The minimum Gasteiger partial charge on any atom is -0.445 e. The van der Waals surface area contributed by atoms with Crippen LogP contribution in [0.4, 0.5) is 4.79 Å². The van der Waals surface area contributed by atoms with E-state index in [4.69, 9.17) is 16.3 Å². The van der Waals surface area contributed by atoms with Crippen molar-refractivity contribution in [2.45, 2.75) is 68.5 Å². The Morgan fingerprint density at radius 1 is 1.07 bits per heavy atom. The first-order chi connectivity index (χ1) is 19.7. The molecule has 0 aromatic heterocycles. The number of nitrogens with one attached hydrogen (secondary N) is 2. The fourth-order valence-corrected chi connectivity index (χ4v) is 6.97. The van der Waals surface area contributed by atoms with E-state index in [9.17, 15) is 22.8 Å². The molecule has 2 saturated heterocycles. The lowest BCUT2D eigenvalue weighted by Crippen LogP contribution is -2.73. The van der Waals surface area contributed by atoms with Crippen molar-refractivity contribution < 1.29 is 27.5 Å². The fourth-order valence-electron chi connectivity index (χ4n) is 5.41. The van der Waals surface area contributed by atoms with E-state index >= 15 is 0 Å². The quantitative estimate of drug-likeness (QED) is 0.377. The molecule has 2 aliphatic rings. The van der Waals surface area contributed by atoms with Crippen molar-refractivity contribution in [2.75, 3.05) is 26.2 Å². The standard InChI is InChI=1S/C29H37ClN4O6S/c1-2-18-34-26(35)25(10-6-7-17-31-28(37)40-21-22-8-4-3-5-9-22)32-27(36)29(34)15-19-33(20-16-29)41(38,39)24-13-11-23(30)12-14-24/h3-5,8-9,11-14,25H,2,6-7,10,15-21H2,1H3,(H,31,37)(H,32,36)/t25-/m0/s1. The van der Waals surface area contributed by atoms with Crippen LogP contribution in [0, 0.1) is 0 Å². The third-order valence-corrected chi connectivity index (χ3v) is 9.82. The van der Waals surface area contributed by atoms with Gasteiger partial charge in [-0.05, 0) is 68.4 Å². The molecule has 2 N–H and O–H groups in total. The van der Waals surface area contributed by atoms with Gasteiger partial charge in [-0.25, -0.2) is 13.2 Å². The highest BCUT2D eigenvalue weighted by atomic mass is 35.5. The number of rotatable bonds is 11. The van der Waals surface area contributed by atoms with Gasteiger partial charge in [0.15, 0.2) is 0 Å². The monoisotopic (exact) mass is 604 g/mol. The lowest BCUT2D eigenvalue weighted by atomic mass is 9.81. The predicted molar refractivity (Wildman–Crippen MR) is 155 cm³/mol. The smallest absolute Gasteiger partial charge is 0.407 e. The second-order valence-corrected chi connectivity index (χ2v) is 12.8. The third kappa shape index (κ3) is 7.20. The van der Waals surface area contributed by atoms with Crippen LogP contribution in [0.2, 0.25) is 5.02 Å². The summed E-state index contributed by atoms with van der Waals surface area (Å²) in [5.74, 6) is -0.377. The van der Waals surface area contributed by atoms with E-state index in [2.05, 4.69) is 10.6 Å². The molecule has 3 amide bonds. The number of hydrogen-bond acceptors (Lipinski definition) is 6. The molecule has 2 aromatic carbocycles. The van der Waals surface area contributed by atoms with E-state index in [-0.39, 0.29) is 49.2 Å². The molecule has 1 spiro atoms. The molecule has 0 radical (unpaired) electrons. The van der Waals surface area contributed by atoms with Gasteiger partial charge in [-0.15, -0.1) is 0 Å². The zero-order chi connectivity index (χ0) is 29.5. The first-order valence-electron chi connectivity index (χ1n) is 14.0. The van der Waals surface area contributed by atoms with Gasteiger partial charge in [0.1, 0.15) is 18.2 Å². The van der Waals surface area contributed by atoms with Gasteiger partial charge < -0.3 is 20.3 Å². The fraction of sp³-hybridized carbons (Fsp3) is 0.483. The summed E-state index contributed by atoms with van der Waals surface area (Å²) >= 11 is 5.91. The first kappa shape index (κ1) is 30.8. The molecule has 1 atom stereocenters. The molecule has 222 valence electrons. The number of alkyl carbamates (subject to hydrolysis) is 1. The third-order valence-electron chi connectivity index (χ3n) is 7.66. The molecule has 41 heavy (non-hydrogen) atoms. The van der Waals surface area contributed by atoms with Crippen LogP contribution in [0.25, 0.3) is 0 Å². The SMILES string of the molecule is CCCN1C(=O)[C@H](CCCCNC(=O)OCc2ccccc2)NC(=O)C12CCN(S(=O)(=O)c1ccc(Cl)cc1)CC2. The van der Waals surface area contributed by atoms with Crippen molar-refractivity contribution in [3.63, 3.8) is 0 Å². The van der Waals surface area contributed by atoms with Gasteiger partial charge in [0, 0.05) is 31.2 Å². The van der Waals surface area contributed by atoms with Crippen LogP contribution in [-0.2, 0) is 31.0 Å². The van der Waals surface area contributed by atoms with Crippen LogP contribution in [0.15, 0.2) is 59.5 Å². The average molecular weight is 605 g/mol. The number of piperidine rings is 1. The van der Waals surface area contributed by atoms with Crippen LogP contribution in [0.1, 0.15) is 51.0 Å². The van der Waals surface area contributed by atoms with E-state index in [1.165, 1.54) is 28.6 Å². The van der Waals surface area contributed by atoms with E-state index < -0.39 is 27.7 Å². The second-order valence-electron chi connectivity index (χ2n) is 10.4. The first-order valence-corrected chi connectivity index (χ1v) is 15.8. The maximum Gasteiger partial charge on any atom is 0.407 e. The highest BCUT2D eigenvalue weighted by Crippen LogP contribution is 2.35. The van der Waals surface area contributed by atoms with Crippen molar-refractivity contribution in [2.24, 2.45) is 0 Å². The molecule has 0 bridgehead atoms. The molecule has 0 aliphatic carbocycles. The van der Waals surface area contributed by atoms with E-state index in [0.717, 1.165) is 5.56 Å². The Balaban J connectivity index is 1.28. The summed E-state index contributed by atoms with van der Waals surface area (Å²) in [5, 5.41) is 6.08. The van der Waals surface area contributed by atoms with Crippen LogP contribution in [-0.4, -0.2) is 73.3 Å². The van der Waals surface area contributed by atoms with Crippen LogP contribution in [0.3, 0.4) is 0 Å².